The van der Waals surface area contributed by atoms with Crippen molar-refractivity contribution >= 4 is 34.8 Å². The van der Waals surface area contributed by atoms with Crippen molar-refractivity contribution in [1.29, 1.82) is 0 Å². The van der Waals surface area contributed by atoms with E-state index in [4.69, 9.17) is 23.2 Å². The topological polar surface area (TPSA) is 28.2 Å². The first-order valence-corrected chi connectivity index (χ1v) is 7.03. The van der Waals surface area contributed by atoms with Crippen LogP contribution < -0.4 is 10.2 Å². The number of nitrogens with zero attached hydrogens (tertiary/aromatic N) is 2. The molecule has 1 N–H and O–H groups in total. The molecule has 3 nitrogen and oxygen atoms in total. The first kappa shape index (κ1) is 13.8. The molecule has 1 fully saturated rings. The number of halogens is 2. The maximum atomic E-state index is 6.26. The molecular formula is C13H19Cl2N3. The van der Waals surface area contributed by atoms with Crippen LogP contribution in [0.25, 0.3) is 0 Å². The zero-order valence-electron chi connectivity index (χ0n) is 11.1. The lowest BCUT2D eigenvalue weighted by Crippen LogP contribution is -2.24. The number of aromatic nitrogens is 1. The monoisotopic (exact) mass is 287 g/mol. The first-order chi connectivity index (χ1) is 8.43. The molecule has 2 rings (SSSR count). The number of hydrogen-bond acceptors (Lipinski definition) is 3. The lowest BCUT2D eigenvalue weighted by molar-refractivity contribution is 0.418. The van der Waals surface area contributed by atoms with E-state index in [0.717, 1.165) is 31.9 Å². The SMILES string of the molecule is CCNc1nc(N2CCC(C)(C)C2)c(Cl)cc1Cl. The molecule has 100 valence electrons. The maximum absolute atomic E-state index is 6.26. The summed E-state index contributed by atoms with van der Waals surface area (Å²) in [6, 6.07) is 1.77. The molecule has 0 bridgehead atoms. The summed E-state index contributed by atoms with van der Waals surface area (Å²) < 4.78 is 0. The van der Waals surface area contributed by atoms with Crippen molar-refractivity contribution in [3.05, 3.63) is 16.1 Å². The maximum Gasteiger partial charge on any atom is 0.149 e. The highest BCUT2D eigenvalue weighted by molar-refractivity contribution is 6.37. The molecule has 1 aliphatic rings. The van der Waals surface area contributed by atoms with E-state index < -0.39 is 0 Å². The second-order valence-electron chi connectivity index (χ2n) is 5.49. The smallest absolute Gasteiger partial charge is 0.149 e. The summed E-state index contributed by atoms with van der Waals surface area (Å²) in [6.45, 7) is 9.31. The van der Waals surface area contributed by atoms with E-state index in [0.29, 0.717) is 21.3 Å². The van der Waals surface area contributed by atoms with Crippen molar-refractivity contribution in [2.75, 3.05) is 29.9 Å². The average Bonchev–Trinajstić information content (AvgIpc) is 2.63. The summed E-state index contributed by atoms with van der Waals surface area (Å²) >= 11 is 12.4. The van der Waals surface area contributed by atoms with E-state index in [1.807, 2.05) is 6.92 Å². The van der Waals surface area contributed by atoms with E-state index in [1.54, 1.807) is 6.07 Å². The Morgan fingerprint density at radius 1 is 1.39 bits per heavy atom. The van der Waals surface area contributed by atoms with Gasteiger partial charge in [0.25, 0.3) is 0 Å². The van der Waals surface area contributed by atoms with Crippen LogP contribution in [0.15, 0.2) is 6.07 Å². The van der Waals surface area contributed by atoms with Gasteiger partial charge in [-0.2, -0.15) is 0 Å². The predicted molar refractivity (Wildman–Crippen MR) is 79.0 cm³/mol. The van der Waals surface area contributed by atoms with Crippen LogP contribution in [-0.4, -0.2) is 24.6 Å². The van der Waals surface area contributed by atoms with Gasteiger partial charge in [-0.3, -0.25) is 0 Å². The lowest BCUT2D eigenvalue weighted by Gasteiger charge is -2.22. The Balaban J connectivity index is 2.30. The molecule has 5 heteroatoms. The molecule has 0 radical (unpaired) electrons. The van der Waals surface area contributed by atoms with Gasteiger partial charge in [0.05, 0.1) is 10.0 Å². The minimum absolute atomic E-state index is 0.322. The first-order valence-electron chi connectivity index (χ1n) is 6.28. The summed E-state index contributed by atoms with van der Waals surface area (Å²) in [5.41, 5.74) is 0.322. The van der Waals surface area contributed by atoms with Crippen molar-refractivity contribution in [3.8, 4) is 0 Å². The minimum Gasteiger partial charge on any atom is -0.369 e. The van der Waals surface area contributed by atoms with Crippen LogP contribution in [0.2, 0.25) is 10.0 Å². The second-order valence-corrected chi connectivity index (χ2v) is 6.30. The van der Waals surface area contributed by atoms with Gasteiger partial charge in [0, 0.05) is 19.6 Å². The standard InChI is InChI=1S/C13H19Cl2N3/c1-4-16-11-9(14)7-10(15)12(17-11)18-6-5-13(2,3)8-18/h7H,4-6,8H2,1-3H3,(H,16,17). The Morgan fingerprint density at radius 3 is 2.67 bits per heavy atom. The molecule has 0 amide bonds. The minimum atomic E-state index is 0.322. The fourth-order valence-corrected chi connectivity index (χ4v) is 2.81. The number of rotatable bonds is 3. The highest BCUT2D eigenvalue weighted by atomic mass is 35.5. The van der Waals surface area contributed by atoms with Crippen molar-refractivity contribution in [2.24, 2.45) is 5.41 Å². The normalized spacial score (nSPS) is 18.2. The molecule has 18 heavy (non-hydrogen) atoms. The van der Waals surface area contributed by atoms with E-state index in [1.165, 1.54) is 0 Å². The van der Waals surface area contributed by atoms with Gasteiger partial charge in [-0.1, -0.05) is 37.0 Å². The fraction of sp³-hybridized carbons (Fsp3) is 0.615. The van der Waals surface area contributed by atoms with Crippen LogP contribution in [0, 0.1) is 5.41 Å². The number of hydrogen-bond donors (Lipinski definition) is 1. The molecule has 1 aromatic rings. The second kappa shape index (κ2) is 5.14. The van der Waals surface area contributed by atoms with Gasteiger partial charge in [0.1, 0.15) is 11.6 Å². The molecular weight excluding hydrogens is 269 g/mol. The van der Waals surface area contributed by atoms with Crippen LogP contribution in [0.4, 0.5) is 11.6 Å². The van der Waals surface area contributed by atoms with E-state index in [2.05, 4.69) is 29.0 Å². The zero-order chi connectivity index (χ0) is 13.3. The van der Waals surface area contributed by atoms with Crippen LogP contribution >= 0.6 is 23.2 Å². The van der Waals surface area contributed by atoms with Gasteiger partial charge in [0.15, 0.2) is 0 Å². The number of nitrogens with one attached hydrogen (secondary N) is 1. The average molecular weight is 288 g/mol. The van der Waals surface area contributed by atoms with Crippen molar-refractivity contribution in [2.45, 2.75) is 27.2 Å². The molecule has 0 spiro atoms. The molecule has 0 unspecified atom stereocenters. The van der Waals surface area contributed by atoms with Crippen molar-refractivity contribution in [3.63, 3.8) is 0 Å². The van der Waals surface area contributed by atoms with Crippen LogP contribution in [0.5, 0.6) is 0 Å². The zero-order valence-corrected chi connectivity index (χ0v) is 12.6. The largest absolute Gasteiger partial charge is 0.369 e. The molecule has 0 atom stereocenters. The molecule has 1 aromatic heterocycles. The van der Waals surface area contributed by atoms with Gasteiger partial charge in [-0.05, 0) is 24.8 Å². The van der Waals surface area contributed by atoms with Gasteiger partial charge >= 0.3 is 0 Å². The van der Waals surface area contributed by atoms with Crippen molar-refractivity contribution in [1.82, 2.24) is 4.98 Å². The molecule has 1 saturated heterocycles. The van der Waals surface area contributed by atoms with E-state index in [-0.39, 0.29) is 0 Å². The highest BCUT2D eigenvalue weighted by Crippen LogP contribution is 2.37. The van der Waals surface area contributed by atoms with Gasteiger partial charge in [0.2, 0.25) is 0 Å². The van der Waals surface area contributed by atoms with Crippen molar-refractivity contribution < 1.29 is 0 Å². The Morgan fingerprint density at radius 2 is 2.11 bits per heavy atom. The summed E-state index contributed by atoms with van der Waals surface area (Å²) in [6.07, 6.45) is 1.16. The summed E-state index contributed by atoms with van der Waals surface area (Å²) in [4.78, 5) is 6.80. The lowest BCUT2D eigenvalue weighted by atomic mass is 9.93. The van der Waals surface area contributed by atoms with Crippen LogP contribution in [0.1, 0.15) is 27.2 Å². The Hall–Kier alpha value is -0.670. The molecule has 1 aliphatic heterocycles. The molecule has 0 aliphatic carbocycles. The van der Waals surface area contributed by atoms with Gasteiger partial charge in [-0.15, -0.1) is 0 Å². The molecule has 0 saturated carbocycles. The third-order valence-corrected chi connectivity index (χ3v) is 3.80. The third kappa shape index (κ3) is 2.83. The van der Waals surface area contributed by atoms with Gasteiger partial charge in [-0.25, -0.2) is 4.98 Å². The number of pyridine rings is 1. The summed E-state index contributed by atoms with van der Waals surface area (Å²) in [5, 5.41) is 4.36. The quantitative estimate of drug-likeness (QED) is 0.909. The van der Waals surface area contributed by atoms with Crippen LogP contribution in [-0.2, 0) is 0 Å². The molecule has 0 aromatic carbocycles. The predicted octanol–water partition coefficient (Wildman–Crippen LogP) is 4.06. The summed E-state index contributed by atoms with van der Waals surface area (Å²) in [7, 11) is 0. The Kier molecular flexibility index (Phi) is 3.93. The Labute approximate surface area is 118 Å². The fourth-order valence-electron chi connectivity index (χ4n) is 2.26. The van der Waals surface area contributed by atoms with E-state index >= 15 is 0 Å². The molecule has 2 heterocycles. The summed E-state index contributed by atoms with van der Waals surface area (Å²) in [5.74, 6) is 1.55. The highest BCUT2D eigenvalue weighted by Gasteiger charge is 2.31. The third-order valence-electron chi connectivity index (χ3n) is 3.23. The Bertz CT molecular complexity index is 446. The van der Waals surface area contributed by atoms with Gasteiger partial charge < -0.3 is 10.2 Å². The number of anilines is 2. The van der Waals surface area contributed by atoms with Crippen LogP contribution in [0.3, 0.4) is 0 Å². The van der Waals surface area contributed by atoms with E-state index in [9.17, 15) is 0 Å².